The van der Waals surface area contributed by atoms with Crippen molar-refractivity contribution in [1.82, 2.24) is 0 Å². The van der Waals surface area contributed by atoms with Crippen LogP contribution >= 0.6 is 15.9 Å². The standard InChI is InChI=1S/C17H15BrN2O5/c1-10-6-7-12(8-14(10)18)19-16(21)9-25-17(22)13-4-3-5-15(11(13)2)20(23)24/h3-8H,9H2,1-2H3,(H,19,21). The minimum atomic E-state index is -0.790. The summed E-state index contributed by atoms with van der Waals surface area (Å²) in [7, 11) is 0. The number of hydrogen-bond donors (Lipinski definition) is 1. The molecule has 0 unspecified atom stereocenters. The molecule has 0 heterocycles. The van der Waals surface area contributed by atoms with E-state index in [-0.39, 0.29) is 16.8 Å². The number of aryl methyl sites for hydroxylation is 1. The number of nitro benzene ring substituents is 1. The van der Waals surface area contributed by atoms with E-state index in [0.717, 1.165) is 10.0 Å². The first kappa shape index (κ1) is 18.6. The van der Waals surface area contributed by atoms with E-state index in [2.05, 4.69) is 21.2 Å². The molecule has 0 aliphatic heterocycles. The van der Waals surface area contributed by atoms with Crippen LogP contribution in [0.4, 0.5) is 11.4 Å². The molecule has 2 rings (SSSR count). The molecule has 1 amide bonds. The number of carbonyl (C=O) groups is 2. The highest BCUT2D eigenvalue weighted by atomic mass is 79.9. The second-order valence-corrected chi connectivity index (χ2v) is 6.15. The highest BCUT2D eigenvalue weighted by molar-refractivity contribution is 9.10. The second-order valence-electron chi connectivity index (χ2n) is 5.30. The van der Waals surface area contributed by atoms with Crippen LogP contribution in [0.3, 0.4) is 0 Å². The summed E-state index contributed by atoms with van der Waals surface area (Å²) in [5.74, 6) is -1.30. The Balaban J connectivity index is 2.00. The third-order valence-corrected chi connectivity index (χ3v) is 4.37. The van der Waals surface area contributed by atoms with Crippen molar-refractivity contribution in [1.29, 1.82) is 0 Å². The molecule has 8 heteroatoms. The van der Waals surface area contributed by atoms with Crippen LogP contribution in [-0.2, 0) is 9.53 Å². The summed E-state index contributed by atoms with van der Waals surface area (Å²) >= 11 is 3.36. The molecule has 0 bridgehead atoms. The number of nitrogens with one attached hydrogen (secondary N) is 1. The van der Waals surface area contributed by atoms with Crippen molar-refractivity contribution in [3.63, 3.8) is 0 Å². The minimum absolute atomic E-state index is 0.0556. The van der Waals surface area contributed by atoms with E-state index >= 15 is 0 Å². The van der Waals surface area contributed by atoms with Crippen LogP contribution in [0.2, 0.25) is 0 Å². The second kappa shape index (κ2) is 7.89. The quantitative estimate of drug-likeness (QED) is 0.462. The topological polar surface area (TPSA) is 98.5 Å². The molecule has 0 aromatic heterocycles. The van der Waals surface area contributed by atoms with Crippen LogP contribution in [0.5, 0.6) is 0 Å². The number of anilines is 1. The third-order valence-electron chi connectivity index (χ3n) is 3.51. The van der Waals surface area contributed by atoms with E-state index < -0.39 is 23.4 Å². The van der Waals surface area contributed by atoms with Crippen LogP contribution in [0, 0.1) is 24.0 Å². The number of esters is 1. The Morgan fingerprint density at radius 3 is 2.60 bits per heavy atom. The average Bonchev–Trinajstić information content (AvgIpc) is 2.56. The molecule has 0 saturated heterocycles. The van der Waals surface area contributed by atoms with E-state index in [4.69, 9.17) is 4.74 Å². The van der Waals surface area contributed by atoms with Gasteiger partial charge in [-0.25, -0.2) is 4.79 Å². The van der Waals surface area contributed by atoms with Gasteiger partial charge in [-0.1, -0.05) is 28.1 Å². The van der Waals surface area contributed by atoms with E-state index in [1.807, 2.05) is 13.0 Å². The van der Waals surface area contributed by atoms with Crippen molar-refractivity contribution >= 4 is 39.2 Å². The first-order valence-corrected chi connectivity index (χ1v) is 8.06. The van der Waals surface area contributed by atoms with Crippen molar-refractivity contribution in [3.05, 3.63) is 67.7 Å². The summed E-state index contributed by atoms with van der Waals surface area (Å²) in [4.78, 5) is 34.3. The van der Waals surface area contributed by atoms with Gasteiger partial charge in [0, 0.05) is 21.8 Å². The Kier molecular flexibility index (Phi) is 5.87. The third kappa shape index (κ3) is 4.63. The van der Waals surface area contributed by atoms with Gasteiger partial charge < -0.3 is 10.1 Å². The molecule has 130 valence electrons. The molecule has 0 aliphatic rings. The van der Waals surface area contributed by atoms with E-state index in [9.17, 15) is 19.7 Å². The van der Waals surface area contributed by atoms with Crippen LogP contribution in [0.15, 0.2) is 40.9 Å². The average molecular weight is 407 g/mol. The number of nitrogens with zero attached hydrogens (tertiary/aromatic N) is 1. The Labute approximate surface area is 152 Å². The van der Waals surface area contributed by atoms with Crippen LogP contribution < -0.4 is 5.32 Å². The van der Waals surface area contributed by atoms with Crippen molar-refractivity contribution in [2.45, 2.75) is 13.8 Å². The number of hydrogen-bond acceptors (Lipinski definition) is 5. The largest absolute Gasteiger partial charge is 0.452 e. The Bertz CT molecular complexity index is 851. The summed E-state index contributed by atoms with van der Waals surface area (Å²) in [5.41, 5.74) is 1.65. The lowest BCUT2D eigenvalue weighted by Crippen LogP contribution is -2.21. The molecule has 0 spiro atoms. The maximum Gasteiger partial charge on any atom is 0.339 e. The zero-order valence-electron chi connectivity index (χ0n) is 13.5. The number of carbonyl (C=O) groups excluding carboxylic acids is 2. The number of amides is 1. The molecular formula is C17H15BrN2O5. The van der Waals surface area contributed by atoms with Crippen molar-refractivity contribution in [2.24, 2.45) is 0 Å². The smallest absolute Gasteiger partial charge is 0.339 e. The molecule has 1 N–H and O–H groups in total. The van der Waals surface area contributed by atoms with Crippen molar-refractivity contribution in [2.75, 3.05) is 11.9 Å². The first-order chi connectivity index (χ1) is 11.8. The molecule has 0 atom stereocenters. The summed E-state index contributed by atoms with van der Waals surface area (Å²) in [6.45, 7) is 2.88. The zero-order chi connectivity index (χ0) is 18.6. The minimum Gasteiger partial charge on any atom is -0.452 e. The molecule has 0 aliphatic carbocycles. The van der Waals surface area contributed by atoms with E-state index in [1.54, 1.807) is 12.1 Å². The number of ether oxygens (including phenoxy) is 1. The van der Waals surface area contributed by atoms with Gasteiger partial charge >= 0.3 is 5.97 Å². The molecule has 0 radical (unpaired) electrons. The van der Waals surface area contributed by atoms with Crippen molar-refractivity contribution in [3.8, 4) is 0 Å². The highest BCUT2D eigenvalue weighted by Gasteiger charge is 2.19. The molecule has 0 saturated carbocycles. The van der Waals surface area contributed by atoms with E-state index in [1.165, 1.54) is 25.1 Å². The predicted octanol–water partition coefficient (Wildman–Crippen LogP) is 3.77. The lowest BCUT2D eigenvalue weighted by Gasteiger charge is -2.09. The fourth-order valence-electron chi connectivity index (χ4n) is 2.12. The van der Waals surface area contributed by atoms with Crippen LogP contribution in [0.1, 0.15) is 21.5 Å². The fraction of sp³-hybridized carbons (Fsp3) is 0.176. The maximum atomic E-state index is 12.1. The van der Waals surface area contributed by atoms with Gasteiger partial charge in [0.1, 0.15) is 0 Å². The van der Waals surface area contributed by atoms with Gasteiger partial charge in [0.2, 0.25) is 0 Å². The lowest BCUT2D eigenvalue weighted by molar-refractivity contribution is -0.385. The maximum absolute atomic E-state index is 12.1. The lowest BCUT2D eigenvalue weighted by atomic mass is 10.1. The highest BCUT2D eigenvalue weighted by Crippen LogP contribution is 2.22. The molecule has 2 aromatic carbocycles. The SMILES string of the molecule is Cc1ccc(NC(=O)COC(=O)c2cccc([N+](=O)[O-])c2C)cc1Br. The van der Waals surface area contributed by atoms with Gasteiger partial charge in [-0.3, -0.25) is 14.9 Å². The van der Waals surface area contributed by atoms with Crippen LogP contribution in [0.25, 0.3) is 0 Å². The number of rotatable bonds is 5. The summed E-state index contributed by atoms with van der Waals surface area (Å²) < 4.78 is 5.79. The van der Waals surface area contributed by atoms with Gasteiger partial charge in [0.15, 0.2) is 6.61 Å². The summed E-state index contributed by atoms with van der Waals surface area (Å²) in [6.07, 6.45) is 0. The molecule has 0 fully saturated rings. The molecule has 25 heavy (non-hydrogen) atoms. The Morgan fingerprint density at radius 2 is 1.96 bits per heavy atom. The zero-order valence-corrected chi connectivity index (χ0v) is 15.1. The normalized spacial score (nSPS) is 10.2. The van der Waals surface area contributed by atoms with Gasteiger partial charge in [-0.15, -0.1) is 0 Å². The molecule has 2 aromatic rings. The summed E-state index contributed by atoms with van der Waals surface area (Å²) in [5, 5.41) is 13.5. The predicted molar refractivity (Wildman–Crippen MR) is 95.6 cm³/mol. The van der Waals surface area contributed by atoms with Gasteiger partial charge in [-0.2, -0.15) is 0 Å². The number of benzene rings is 2. The van der Waals surface area contributed by atoms with Crippen LogP contribution in [-0.4, -0.2) is 23.4 Å². The van der Waals surface area contributed by atoms with Crippen molar-refractivity contribution < 1.29 is 19.2 Å². The van der Waals surface area contributed by atoms with Gasteiger partial charge in [-0.05, 0) is 37.6 Å². The van der Waals surface area contributed by atoms with E-state index in [0.29, 0.717) is 5.69 Å². The number of nitro groups is 1. The molecule has 7 nitrogen and oxygen atoms in total. The first-order valence-electron chi connectivity index (χ1n) is 7.26. The Morgan fingerprint density at radius 1 is 1.24 bits per heavy atom. The fourth-order valence-corrected chi connectivity index (χ4v) is 2.50. The van der Waals surface area contributed by atoms with Gasteiger partial charge in [0.05, 0.1) is 10.5 Å². The van der Waals surface area contributed by atoms with Gasteiger partial charge in [0.25, 0.3) is 11.6 Å². The molecular weight excluding hydrogens is 392 g/mol. The Hall–Kier alpha value is -2.74. The summed E-state index contributed by atoms with van der Waals surface area (Å²) in [6, 6.07) is 9.40. The number of halogens is 1. The monoisotopic (exact) mass is 406 g/mol.